The van der Waals surface area contributed by atoms with Crippen LogP contribution >= 0.6 is 0 Å². The first-order valence-corrected chi connectivity index (χ1v) is 11.2. The SMILES string of the molecule is CCOc1ccc(C(=O)N2CCC(Cn3nc(-c4ccccc4)c(C)cc3=O)CC2)cc1. The van der Waals surface area contributed by atoms with Crippen molar-refractivity contribution in [1.29, 1.82) is 0 Å². The molecule has 0 spiro atoms. The first-order chi connectivity index (χ1) is 15.5. The molecule has 6 heteroatoms. The van der Waals surface area contributed by atoms with E-state index in [1.54, 1.807) is 10.7 Å². The summed E-state index contributed by atoms with van der Waals surface area (Å²) in [7, 11) is 0. The van der Waals surface area contributed by atoms with Crippen LogP contribution in [0.25, 0.3) is 11.3 Å². The number of hydrogen-bond donors (Lipinski definition) is 0. The van der Waals surface area contributed by atoms with E-state index in [0.29, 0.717) is 37.7 Å². The van der Waals surface area contributed by atoms with E-state index in [-0.39, 0.29) is 11.5 Å². The molecule has 0 N–H and O–H groups in total. The van der Waals surface area contributed by atoms with Gasteiger partial charge in [-0.1, -0.05) is 30.3 Å². The number of piperidine rings is 1. The number of hydrogen-bond acceptors (Lipinski definition) is 4. The molecule has 0 radical (unpaired) electrons. The maximum absolute atomic E-state index is 12.8. The van der Waals surface area contributed by atoms with Crippen LogP contribution in [0.1, 0.15) is 35.7 Å². The van der Waals surface area contributed by atoms with Crippen molar-refractivity contribution in [3.05, 3.63) is 82.1 Å². The van der Waals surface area contributed by atoms with Crippen molar-refractivity contribution in [2.24, 2.45) is 5.92 Å². The summed E-state index contributed by atoms with van der Waals surface area (Å²) in [4.78, 5) is 27.3. The summed E-state index contributed by atoms with van der Waals surface area (Å²) in [6.07, 6.45) is 1.71. The number of amides is 1. The minimum Gasteiger partial charge on any atom is -0.494 e. The Kier molecular flexibility index (Phi) is 6.69. The zero-order valence-electron chi connectivity index (χ0n) is 18.7. The second kappa shape index (κ2) is 9.81. The third kappa shape index (κ3) is 4.90. The molecule has 6 nitrogen and oxygen atoms in total. The molecule has 1 aliphatic rings. The molecule has 0 aliphatic carbocycles. The van der Waals surface area contributed by atoms with E-state index < -0.39 is 0 Å². The standard InChI is InChI=1S/C26H29N3O3/c1-3-32-23-11-9-22(10-12-23)26(31)28-15-13-20(14-16-28)18-29-24(30)17-19(2)25(27-29)21-7-5-4-6-8-21/h4-12,17,20H,3,13-16,18H2,1-2H3. The molecule has 0 bridgehead atoms. The predicted octanol–water partition coefficient (Wildman–Crippen LogP) is 4.17. The highest BCUT2D eigenvalue weighted by atomic mass is 16.5. The van der Waals surface area contributed by atoms with E-state index in [0.717, 1.165) is 35.4 Å². The van der Waals surface area contributed by atoms with Gasteiger partial charge >= 0.3 is 0 Å². The summed E-state index contributed by atoms with van der Waals surface area (Å²) in [5.41, 5.74) is 3.34. The number of ether oxygens (including phenoxy) is 1. The van der Waals surface area contributed by atoms with Crippen LogP contribution in [0, 0.1) is 12.8 Å². The van der Waals surface area contributed by atoms with Gasteiger partial charge in [0.15, 0.2) is 0 Å². The van der Waals surface area contributed by atoms with Crippen molar-refractivity contribution in [1.82, 2.24) is 14.7 Å². The fourth-order valence-corrected chi connectivity index (χ4v) is 4.20. The molecule has 4 rings (SSSR count). The topological polar surface area (TPSA) is 64.4 Å². The van der Waals surface area contributed by atoms with Crippen LogP contribution in [0.3, 0.4) is 0 Å². The lowest BCUT2D eigenvalue weighted by Gasteiger charge is -2.32. The van der Waals surface area contributed by atoms with Gasteiger partial charge in [0.25, 0.3) is 11.5 Å². The smallest absolute Gasteiger partial charge is 0.267 e. The number of carbonyl (C=O) groups excluding carboxylic acids is 1. The van der Waals surface area contributed by atoms with E-state index in [4.69, 9.17) is 4.74 Å². The Morgan fingerprint density at radius 2 is 1.75 bits per heavy atom. The molecule has 166 valence electrons. The summed E-state index contributed by atoms with van der Waals surface area (Å²) >= 11 is 0. The van der Waals surface area contributed by atoms with E-state index in [1.807, 2.05) is 73.3 Å². The summed E-state index contributed by atoms with van der Waals surface area (Å²) in [6.45, 7) is 6.40. The third-order valence-corrected chi connectivity index (χ3v) is 5.98. The monoisotopic (exact) mass is 431 g/mol. The Morgan fingerprint density at radius 1 is 1.06 bits per heavy atom. The van der Waals surface area contributed by atoms with Gasteiger partial charge in [0.1, 0.15) is 5.75 Å². The summed E-state index contributed by atoms with van der Waals surface area (Å²) in [5, 5.41) is 4.67. The molecular weight excluding hydrogens is 402 g/mol. The van der Waals surface area contributed by atoms with Crippen molar-refractivity contribution in [3.63, 3.8) is 0 Å². The van der Waals surface area contributed by atoms with Crippen molar-refractivity contribution >= 4 is 5.91 Å². The summed E-state index contributed by atoms with van der Waals surface area (Å²) in [5.74, 6) is 1.13. The van der Waals surface area contributed by atoms with Crippen LogP contribution in [-0.4, -0.2) is 40.3 Å². The minimum atomic E-state index is -0.0740. The largest absolute Gasteiger partial charge is 0.494 e. The van der Waals surface area contributed by atoms with Crippen molar-refractivity contribution in [3.8, 4) is 17.0 Å². The van der Waals surface area contributed by atoms with Crippen molar-refractivity contribution in [2.45, 2.75) is 33.2 Å². The first kappa shape index (κ1) is 21.8. The van der Waals surface area contributed by atoms with Gasteiger partial charge in [-0.25, -0.2) is 4.68 Å². The second-order valence-electron chi connectivity index (χ2n) is 8.26. The van der Waals surface area contributed by atoms with Gasteiger partial charge in [-0.15, -0.1) is 0 Å². The average molecular weight is 432 g/mol. The van der Waals surface area contributed by atoms with Gasteiger partial charge in [-0.3, -0.25) is 9.59 Å². The quantitative estimate of drug-likeness (QED) is 0.588. The molecule has 0 unspecified atom stereocenters. The molecule has 3 aromatic rings. The normalized spacial score (nSPS) is 14.4. The molecule has 1 aliphatic heterocycles. The molecule has 2 aromatic carbocycles. The lowest BCUT2D eigenvalue weighted by molar-refractivity contribution is 0.0680. The van der Waals surface area contributed by atoms with Gasteiger partial charge in [0.05, 0.1) is 12.3 Å². The third-order valence-electron chi connectivity index (χ3n) is 5.98. The van der Waals surface area contributed by atoms with Crippen LogP contribution in [-0.2, 0) is 6.54 Å². The molecule has 1 fully saturated rings. The van der Waals surface area contributed by atoms with Gasteiger partial charge in [-0.2, -0.15) is 5.10 Å². The molecule has 32 heavy (non-hydrogen) atoms. The number of rotatable bonds is 6. The van der Waals surface area contributed by atoms with Crippen LogP contribution in [0.4, 0.5) is 0 Å². The maximum Gasteiger partial charge on any atom is 0.267 e. The summed E-state index contributed by atoms with van der Waals surface area (Å²) < 4.78 is 7.04. The number of benzene rings is 2. The lowest BCUT2D eigenvalue weighted by Crippen LogP contribution is -2.40. The zero-order valence-corrected chi connectivity index (χ0v) is 18.7. The number of aromatic nitrogens is 2. The first-order valence-electron chi connectivity index (χ1n) is 11.2. The fraction of sp³-hybridized carbons (Fsp3) is 0.346. The van der Waals surface area contributed by atoms with Crippen molar-refractivity contribution < 1.29 is 9.53 Å². The maximum atomic E-state index is 12.8. The van der Waals surface area contributed by atoms with Crippen LogP contribution in [0.5, 0.6) is 5.75 Å². The molecule has 1 aromatic heterocycles. The molecule has 2 heterocycles. The Hall–Kier alpha value is -3.41. The number of likely N-dealkylation sites (tertiary alicyclic amines) is 1. The molecule has 1 saturated heterocycles. The Labute approximate surface area is 188 Å². The van der Waals surface area contributed by atoms with Gasteiger partial charge < -0.3 is 9.64 Å². The lowest BCUT2D eigenvalue weighted by atomic mass is 9.96. The molecule has 0 atom stereocenters. The van der Waals surface area contributed by atoms with Crippen LogP contribution in [0.15, 0.2) is 65.5 Å². The predicted molar refractivity (Wildman–Crippen MR) is 125 cm³/mol. The highest BCUT2D eigenvalue weighted by Gasteiger charge is 2.24. The van der Waals surface area contributed by atoms with Gasteiger partial charge in [-0.05, 0) is 62.4 Å². The zero-order chi connectivity index (χ0) is 22.5. The van der Waals surface area contributed by atoms with E-state index >= 15 is 0 Å². The molecule has 0 saturated carbocycles. The minimum absolute atomic E-state index is 0.0449. The second-order valence-corrected chi connectivity index (χ2v) is 8.26. The van der Waals surface area contributed by atoms with Crippen LogP contribution in [0.2, 0.25) is 0 Å². The van der Waals surface area contributed by atoms with Gasteiger partial charge in [0.2, 0.25) is 0 Å². The van der Waals surface area contributed by atoms with E-state index in [9.17, 15) is 9.59 Å². The number of nitrogens with zero attached hydrogens (tertiary/aromatic N) is 3. The highest BCUT2D eigenvalue weighted by molar-refractivity contribution is 5.94. The van der Waals surface area contributed by atoms with E-state index in [1.165, 1.54) is 0 Å². The number of aryl methyl sites for hydroxylation is 1. The Bertz CT molecular complexity index is 1120. The van der Waals surface area contributed by atoms with Gasteiger partial charge in [0, 0.05) is 36.8 Å². The van der Waals surface area contributed by atoms with E-state index in [2.05, 4.69) is 5.10 Å². The Morgan fingerprint density at radius 3 is 2.41 bits per heavy atom. The highest BCUT2D eigenvalue weighted by Crippen LogP contribution is 2.23. The number of carbonyl (C=O) groups is 1. The molecular formula is C26H29N3O3. The van der Waals surface area contributed by atoms with Crippen molar-refractivity contribution in [2.75, 3.05) is 19.7 Å². The average Bonchev–Trinajstić information content (AvgIpc) is 2.82. The molecule has 1 amide bonds. The Balaban J connectivity index is 1.40. The van der Waals surface area contributed by atoms with Crippen LogP contribution < -0.4 is 10.3 Å². The fourth-order valence-electron chi connectivity index (χ4n) is 4.20. The summed E-state index contributed by atoms with van der Waals surface area (Å²) in [6, 6.07) is 18.9.